The molecule has 0 aliphatic heterocycles. The first-order valence-corrected chi connectivity index (χ1v) is 13.4. The van der Waals surface area contributed by atoms with E-state index in [1.54, 1.807) is 11.1 Å². The summed E-state index contributed by atoms with van der Waals surface area (Å²) in [5.74, 6) is 0. The van der Waals surface area contributed by atoms with Crippen molar-refractivity contribution in [2.24, 2.45) is 0 Å². The van der Waals surface area contributed by atoms with Gasteiger partial charge < -0.3 is 4.98 Å². The zero-order valence-corrected chi connectivity index (χ0v) is 18.8. The van der Waals surface area contributed by atoms with E-state index in [1.165, 1.54) is 31.3 Å². The summed E-state index contributed by atoms with van der Waals surface area (Å²) in [5.41, 5.74) is 6.81. The van der Waals surface area contributed by atoms with Gasteiger partial charge >= 0.3 is 0 Å². The lowest BCUT2D eigenvalue weighted by atomic mass is 9.99. The number of hydrogen-bond donors (Lipinski definition) is 1. The fraction of sp³-hybridized carbons (Fsp3) is 0.391. The van der Waals surface area contributed by atoms with Crippen molar-refractivity contribution in [2.75, 3.05) is 0 Å². The Morgan fingerprint density at radius 1 is 0.962 bits per heavy atom. The predicted octanol–water partition coefficient (Wildman–Crippen LogP) is 7.08. The zero-order valence-electron chi connectivity index (χ0n) is 16.9. The van der Waals surface area contributed by atoms with Gasteiger partial charge in [0.25, 0.3) is 0 Å². The summed E-state index contributed by atoms with van der Waals surface area (Å²) in [4.78, 5) is 4.02. The molecular formula is C23H29NSSi. The molecule has 1 aliphatic rings. The standard InChI is InChI=1S/C23H29NSSi/c1-14-15(2)22(26(6,7)24-23(3,4)5)17-12-13-19-21(20(14)17)16-10-8-9-11-18(16)25-19/h8-13,22,24H,1-7H3. The van der Waals surface area contributed by atoms with Crippen LogP contribution in [0.2, 0.25) is 13.1 Å². The minimum absolute atomic E-state index is 0.145. The molecule has 4 rings (SSSR count). The van der Waals surface area contributed by atoms with Crippen molar-refractivity contribution in [1.82, 2.24) is 4.98 Å². The number of thiophene rings is 1. The molecule has 1 N–H and O–H groups in total. The maximum atomic E-state index is 4.02. The molecule has 0 radical (unpaired) electrons. The molecule has 3 heteroatoms. The first-order valence-electron chi connectivity index (χ1n) is 9.51. The van der Waals surface area contributed by atoms with E-state index >= 15 is 0 Å². The second kappa shape index (κ2) is 5.79. The Kier molecular flexibility index (Phi) is 4.00. The lowest BCUT2D eigenvalue weighted by molar-refractivity contribution is 0.508. The van der Waals surface area contributed by atoms with Gasteiger partial charge in [0.1, 0.15) is 8.24 Å². The smallest absolute Gasteiger partial charge is 0.131 e. The quantitative estimate of drug-likeness (QED) is 0.469. The van der Waals surface area contributed by atoms with Gasteiger partial charge in [-0.2, -0.15) is 0 Å². The zero-order chi connectivity index (χ0) is 18.9. The summed E-state index contributed by atoms with van der Waals surface area (Å²) in [7, 11) is -1.70. The van der Waals surface area contributed by atoms with Gasteiger partial charge in [0, 0.05) is 31.3 Å². The van der Waals surface area contributed by atoms with Crippen LogP contribution >= 0.6 is 11.3 Å². The second-order valence-electron chi connectivity index (χ2n) is 9.34. The van der Waals surface area contributed by atoms with Crippen molar-refractivity contribution in [3.05, 3.63) is 53.1 Å². The van der Waals surface area contributed by atoms with E-state index in [0.29, 0.717) is 5.54 Å². The molecule has 0 saturated heterocycles. The molecule has 1 nitrogen and oxygen atoms in total. The average molecular weight is 380 g/mol. The number of nitrogens with one attached hydrogen (secondary N) is 1. The molecule has 26 heavy (non-hydrogen) atoms. The van der Waals surface area contributed by atoms with Crippen molar-refractivity contribution in [3.8, 4) is 0 Å². The fourth-order valence-corrected chi connectivity index (χ4v) is 10.6. The average Bonchev–Trinajstić information content (AvgIpc) is 3.01. The summed E-state index contributed by atoms with van der Waals surface area (Å²) >= 11 is 1.92. The van der Waals surface area contributed by atoms with Gasteiger partial charge in [0.2, 0.25) is 0 Å². The normalized spacial score (nSPS) is 18.2. The van der Waals surface area contributed by atoms with E-state index < -0.39 is 8.24 Å². The summed E-state index contributed by atoms with van der Waals surface area (Å²) < 4.78 is 2.81. The summed E-state index contributed by atoms with van der Waals surface area (Å²) in [5, 5.41) is 2.89. The van der Waals surface area contributed by atoms with Crippen molar-refractivity contribution in [1.29, 1.82) is 0 Å². The van der Waals surface area contributed by atoms with Crippen LogP contribution < -0.4 is 4.98 Å². The number of hydrogen-bond acceptors (Lipinski definition) is 2. The Morgan fingerprint density at radius 2 is 1.65 bits per heavy atom. The van der Waals surface area contributed by atoms with Gasteiger partial charge in [-0.3, -0.25) is 0 Å². The number of allylic oxidation sites excluding steroid dienone is 2. The topological polar surface area (TPSA) is 12.0 Å². The molecule has 1 unspecified atom stereocenters. The first-order chi connectivity index (χ1) is 12.1. The number of benzene rings is 2. The molecule has 0 fully saturated rings. The van der Waals surface area contributed by atoms with Crippen molar-refractivity contribution >= 4 is 45.3 Å². The van der Waals surface area contributed by atoms with Crippen LogP contribution in [-0.2, 0) is 0 Å². The highest BCUT2D eigenvalue weighted by molar-refractivity contribution is 7.25. The Bertz CT molecular complexity index is 1050. The van der Waals surface area contributed by atoms with Gasteiger partial charge in [0.05, 0.1) is 0 Å². The van der Waals surface area contributed by atoms with Gasteiger partial charge in [-0.05, 0) is 63.5 Å². The maximum Gasteiger partial charge on any atom is 0.131 e. The van der Waals surface area contributed by atoms with Crippen molar-refractivity contribution < 1.29 is 0 Å². The molecule has 0 spiro atoms. The summed E-state index contributed by atoms with van der Waals surface area (Å²) in [6, 6.07) is 13.6. The monoisotopic (exact) mass is 379 g/mol. The Morgan fingerprint density at radius 3 is 2.35 bits per heavy atom. The van der Waals surface area contributed by atoms with Crippen LogP contribution in [0.3, 0.4) is 0 Å². The molecule has 0 saturated carbocycles. The van der Waals surface area contributed by atoms with Gasteiger partial charge in [-0.25, -0.2) is 0 Å². The third-order valence-electron chi connectivity index (χ3n) is 5.71. The van der Waals surface area contributed by atoms with E-state index in [-0.39, 0.29) is 5.54 Å². The first kappa shape index (κ1) is 18.0. The lowest BCUT2D eigenvalue weighted by Gasteiger charge is -2.39. The van der Waals surface area contributed by atoms with Crippen molar-refractivity contribution in [3.63, 3.8) is 0 Å². The second-order valence-corrected chi connectivity index (χ2v) is 14.7. The molecule has 1 aromatic heterocycles. The van der Waals surface area contributed by atoms with Crippen LogP contribution in [0.1, 0.15) is 51.3 Å². The number of rotatable bonds is 2. The van der Waals surface area contributed by atoms with Crippen molar-refractivity contribution in [2.45, 2.75) is 58.8 Å². The molecule has 1 heterocycles. The van der Waals surface area contributed by atoms with Gasteiger partial charge in [-0.15, -0.1) is 11.3 Å². The highest BCUT2D eigenvalue weighted by Crippen LogP contribution is 2.51. The van der Waals surface area contributed by atoms with Gasteiger partial charge in [-0.1, -0.05) is 42.9 Å². The molecule has 0 bridgehead atoms. The van der Waals surface area contributed by atoms with E-state index in [9.17, 15) is 0 Å². The SMILES string of the molecule is CC1=C(C)C([Si](C)(C)NC(C)(C)C)c2ccc3sc4ccccc4c3c21. The largest absolute Gasteiger partial charge is 0.332 e. The third-order valence-corrected chi connectivity index (χ3v) is 10.4. The predicted molar refractivity (Wildman–Crippen MR) is 121 cm³/mol. The Labute approximate surface area is 162 Å². The molecule has 1 atom stereocenters. The third kappa shape index (κ3) is 2.68. The number of fused-ring (bicyclic) bond motifs is 5. The molecule has 1 aliphatic carbocycles. The van der Waals surface area contributed by atoms with Crippen LogP contribution in [0.15, 0.2) is 42.0 Å². The molecule has 2 aromatic carbocycles. The van der Waals surface area contributed by atoms with E-state index in [1.807, 2.05) is 11.3 Å². The van der Waals surface area contributed by atoms with E-state index in [0.717, 1.165) is 0 Å². The van der Waals surface area contributed by atoms with E-state index in [4.69, 9.17) is 0 Å². The van der Waals surface area contributed by atoms with Crippen LogP contribution in [0.5, 0.6) is 0 Å². The van der Waals surface area contributed by atoms with Gasteiger partial charge in [0.15, 0.2) is 0 Å². The minimum Gasteiger partial charge on any atom is -0.332 e. The molecule has 0 amide bonds. The summed E-state index contributed by atoms with van der Waals surface area (Å²) in [6.45, 7) is 16.5. The Balaban J connectivity index is 1.99. The Hall–Kier alpha value is -1.42. The molecular weight excluding hydrogens is 350 g/mol. The minimum atomic E-state index is -1.70. The van der Waals surface area contributed by atoms with Crippen LogP contribution in [0.25, 0.3) is 25.7 Å². The fourth-order valence-electron chi connectivity index (χ4n) is 5.09. The van der Waals surface area contributed by atoms with Crippen LogP contribution in [0.4, 0.5) is 0 Å². The van der Waals surface area contributed by atoms with E-state index in [2.05, 4.69) is 89.1 Å². The highest BCUT2D eigenvalue weighted by Gasteiger charge is 2.42. The highest BCUT2D eigenvalue weighted by atomic mass is 32.1. The molecule has 136 valence electrons. The lowest BCUT2D eigenvalue weighted by Crippen LogP contribution is -2.58. The maximum absolute atomic E-state index is 4.02. The van der Waals surface area contributed by atoms with Crippen LogP contribution in [-0.4, -0.2) is 13.8 Å². The van der Waals surface area contributed by atoms with Crippen LogP contribution in [0, 0.1) is 0 Å². The summed E-state index contributed by atoms with van der Waals surface area (Å²) in [6.07, 6.45) is 0. The molecule has 3 aromatic rings.